The average molecular weight is 281 g/mol. The molecule has 0 aromatic heterocycles. The molecule has 0 saturated carbocycles. The van der Waals surface area contributed by atoms with Gasteiger partial charge in [-0.1, -0.05) is 17.7 Å². The molecule has 0 radical (unpaired) electrons. The second kappa shape index (κ2) is 5.43. The number of benzene rings is 1. The van der Waals surface area contributed by atoms with Crippen LogP contribution in [0.2, 0.25) is 5.02 Å². The number of aliphatic hydroxyl groups excluding tert-OH is 1. The van der Waals surface area contributed by atoms with E-state index in [4.69, 9.17) is 21.1 Å². The van der Waals surface area contributed by atoms with E-state index >= 15 is 0 Å². The second-order valence-electron chi connectivity index (χ2n) is 4.95. The van der Waals surface area contributed by atoms with Gasteiger partial charge in [-0.15, -0.1) is 0 Å². The molecule has 1 aromatic carbocycles. The fourth-order valence-electron chi connectivity index (χ4n) is 2.61. The van der Waals surface area contributed by atoms with Crippen molar-refractivity contribution in [3.63, 3.8) is 0 Å². The highest BCUT2D eigenvalue weighted by molar-refractivity contribution is 6.32. The third kappa shape index (κ3) is 2.58. The van der Waals surface area contributed by atoms with Crippen LogP contribution in [0.4, 0.5) is 0 Å². The van der Waals surface area contributed by atoms with Gasteiger partial charge in [0.25, 0.3) is 0 Å². The maximum Gasteiger partial charge on any atom is 0.179 e. The molecule has 1 N–H and O–H groups in total. The molecule has 1 atom stereocenters. The highest BCUT2D eigenvalue weighted by atomic mass is 35.5. The van der Waals surface area contributed by atoms with Gasteiger partial charge in [-0.2, -0.15) is 0 Å². The van der Waals surface area contributed by atoms with Gasteiger partial charge in [0.05, 0.1) is 5.02 Å². The van der Waals surface area contributed by atoms with E-state index < -0.39 is 6.10 Å². The first-order valence-corrected chi connectivity index (χ1v) is 7.09. The summed E-state index contributed by atoms with van der Waals surface area (Å²) in [7, 11) is 0. The molecule has 0 amide bonds. The predicted octanol–water partition coefficient (Wildman–Crippen LogP) is 3.65. The van der Waals surface area contributed by atoms with Gasteiger partial charge in [-0.3, -0.25) is 0 Å². The van der Waals surface area contributed by atoms with Crippen LogP contribution in [-0.2, 0) is 0 Å². The molecule has 2 aliphatic rings. The van der Waals surface area contributed by atoms with Gasteiger partial charge >= 0.3 is 0 Å². The van der Waals surface area contributed by atoms with Gasteiger partial charge in [0.2, 0.25) is 0 Å². The summed E-state index contributed by atoms with van der Waals surface area (Å²) in [5.74, 6) is 1.21. The molecule has 0 spiro atoms. The summed E-state index contributed by atoms with van der Waals surface area (Å²) >= 11 is 6.19. The quantitative estimate of drug-likeness (QED) is 0.841. The standard InChI is InChI=1S/C15H17ClO3/c16-12-8-11(9-13-15(12)19-7-6-18-13)14(17)10-4-2-1-3-5-10/h4,8-9,14,17H,1-3,5-7H2. The second-order valence-corrected chi connectivity index (χ2v) is 5.36. The minimum atomic E-state index is -0.589. The summed E-state index contributed by atoms with van der Waals surface area (Å²) in [6.45, 7) is 1.03. The molecular weight excluding hydrogens is 264 g/mol. The van der Waals surface area contributed by atoms with Crippen molar-refractivity contribution in [2.24, 2.45) is 0 Å². The zero-order valence-electron chi connectivity index (χ0n) is 10.7. The first-order valence-electron chi connectivity index (χ1n) is 6.72. The van der Waals surface area contributed by atoms with Crippen LogP contribution < -0.4 is 9.47 Å². The fraction of sp³-hybridized carbons (Fsp3) is 0.467. The molecule has 1 aliphatic heterocycles. The van der Waals surface area contributed by atoms with Gasteiger partial charge in [0.15, 0.2) is 11.5 Å². The Labute approximate surface area is 117 Å². The van der Waals surface area contributed by atoms with E-state index in [0.717, 1.165) is 30.4 Å². The highest BCUT2D eigenvalue weighted by Crippen LogP contribution is 2.41. The molecule has 1 heterocycles. The van der Waals surface area contributed by atoms with Gasteiger partial charge in [-0.25, -0.2) is 0 Å². The lowest BCUT2D eigenvalue weighted by Gasteiger charge is -2.23. The van der Waals surface area contributed by atoms with Crippen molar-refractivity contribution in [3.8, 4) is 11.5 Å². The lowest BCUT2D eigenvalue weighted by Crippen LogP contribution is -2.16. The van der Waals surface area contributed by atoms with Crippen molar-refractivity contribution in [1.82, 2.24) is 0 Å². The Balaban J connectivity index is 1.92. The van der Waals surface area contributed by atoms with Crippen LogP contribution in [0.3, 0.4) is 0 Å². The smallest absolute Gasteiger partial charge is 0.179 e. The molecule has 19 heavy (non-hydrogen) atoms. The number of hydrogen-bond acceptors (Lipinski definition) is 3. The molecule has 1 unspecified atom stereocenters. The summed E-state index contributed by atoms with van der Waals surface area (Å²) in [5, 5.41) is 11.0. The number of aliphatic hydroxyl groups is 1. The van der Waals surface area contributed by atoms with Crippen LogP contribution in [0.25, 0.3) is 0 Å². The Morgan fingerprint density at radius 1 is 1.16 bits per heavy atom. The van der Waals surface area contributed by atoms with E-state index in [-0.39, 0.29) is 0 Å². The SMILES string of the molecule is OC(C1=CCCCC1)c1cc(Cl)c2c(c1)OCCO2. The van der Waals surface area contributed by atoms with Gasteiger partial charge in [0, 0.05) is 0 Å². The molecule has 1 aromatic rings. The largest absolute Gasteiger partial charge is 0.486 e. The van der Waals surface area contributed by atoms with Crippen LogP contribution in [0, 0.1) is 0 Å². The van der Waals surface area contributed by atoms with Crippen molar-refractivity contribution in [2.45, 2.75) is 31.8 Å². The lowest BCUT2D eigenvalue weighted by atomic mass is 9.91. The van der Waals surface area contributed by atoms with Crippen LogP contribution >= 0.6 is 11.6 Å². The van der Waals surface area contributed by atoms with Crippen LogP contribution in [0.1, 0.15) is 37.4 Å². The van der Waals surface area contributed by atoms with Crippen LogP contribution in [0.5, 0.6) is 11.5 Å². The summed E-state index contributed by atoms with van der Waals surface area (Å²) in [4.78, 5) is 0. The molecule has 3 rings (SSSR count). The molecule has 4 heteroatoms. The molecule has 0 bridgehead atoms. The number of allylic oxidation sites excluding steroid dienone is 1. The summed E-state index contributed by atoms with van der Waals surface area (Å²) < 4.78 is 11.0. The van der Waals surface area contributed by atoms with Gasteiger partial charge in [-0.05, 0) is 49.0 Å². The van der Waals surface area contributed by atoms with Gasteiger partial charge in [0.1, 0.15) is 19.3 Å². The Morgan fingerprint density at radius 2 is 2.00 bits per heavy atom. The minimum Gasteiger partial charge on any atom is -0.486 e. The molecule has 1 aliphatic carbocycles. The van der Waals surface area contributed by atoms with E-state index in [9.17, 15) is 5.11 Å². The van der Waals surface area contributed by atoms with Crippen LogP contribution in [-0.4, -0.2) is 18.3 Å². The van der Waals surface area contributed by atoms with Crippen molar-refractivity contribution in [3.05, 3.63) is 34.4 Å². The first kappa shape index (κ1) is 12.8. The molecule has 0 fully saturated rings. The van der Waals surface area contributed by atoms with E-state index in [2.05, 4.69) is 6.08 Å². The maximum atomic E-state index is 10.4. The summed E-state index contributed by atoms with van der Waals surface area (Å²) in [6, 6.07) is 3.61. The van der Waals surface area contributed by atoms with E-state index in [1.54, 1.807) is 6.07 Å². The summed E-state index contributed by atoms with van der Waals surface area (Å²) in [6.07, 6.45) is 5.89. The highest BCUT2D eigenvalue weighted by Gasteiger charge is 2.21. The summed E-state index contributed by atoms with van der Waals surface area (Å²) in [5.41, 5.74) is 1.86. The minimum absolute atomic E-state index is 0.502. The monoisotopic (exact) mass is 280 g/mol. The van der Waals surface area contributed by atoms with Gasteiger partial charge < -0.3 is 14.6 Å². The number of fused-ring (bicyclic) bond motifs is 1. The molecule has 3 nitrogen and oxygen atoms in total. The Morgan fingerprint density at radius 3 is 2.79 bits per heavy atom. The number of hydrogen-bond donors (Lipinski definition) is 1. The third-order valence-corrected chi connectivity index (χ3v) is 3.89. The molecule has 102 valence electrons. The Kier molecular flexibility index (Phi) is 3.67. The third-order valence-electron chi connectivity index (χ3n) is 3.61. The number of rotatable bonds is 2. The first-order chi connectivity index (χ1) is 9.25. The Hall–Kier alpha value is -1.19. The number of ether oxygens (including phenoxy) is 2. The average Bonchev–Trinajstić information content (AvgIpc) is 2.47. The molecular formula is C15H17ClO3. The predicted molar refractivity (Wildman–Crippen MR) is 74.0 cm³/mol. The van der Waals surface area contributed by atoms with E-state index in [0.29, 0.717) is 29.7 Å². The number of halogens is 1. The van der Waals surface area contributed by atoms with Crippen molar-refractivity contribution >= 4 is 11.6 Å². The lowest BCUT2D eigenvalue weighted by molar-refractivity contribution is 0.169. The van der Waals surface area contributed by atoms with E-state index in [1.807, 2.05) is 6.07 Å². The topological polar surface area (TPSA) is 38.7 Å². The van der Waals surface area contributed by atoms with Crippen molar-refractivity contribution in [1.29, 1.82) is 0 Å². The van der Waals surface area contributed by atoms with Crippen LogP contribution in [0.15, 0.2) is 23.8 Å². The van der Waals surface area contributed by atoms with Crippen molar-refractivity contribution < 1.29 is 14.6 Å². The maximum absolute atomic E-state index is 10.4. The van der Waals surface area contributed by atoms with E-state index in [1.165, 1.54) is 6.42 Å². The zero-order valence-corrected chi connectivity index (χ0v) is 11.4. The zero-order chi connectivity index (χ0) is 13.2. The molecule has 0 saturated heterocycles. The normalized spacial score (nSPS) is 19.8. The Bertz CT molecular complexity index is 510. The fourth-order valence-corrected chi connectivity index (χ4v) is 2.89. The van der Waals surface area contributed by atoms with Crippen molar-refractivity contribution in [2.75, 3.05) is 13.2 Å².